The summed E-state index contributed by atoms with van der Waals surface area (Å²) in [5.41, 5.74) is 0. The molecule has 0 aliphatic carbocycles. The van der Waals surface area contributed by atoms with Crippen LogP contribution in [0.2, 0.25) is 0 Å². The maximum atomic E-state index is 4.74. The molecule has 1 N–H and O–H groups in total. The van der Waals surface area contributed by atoms with Crippen molar-refractivity contribution in [2.75, 3.05) is 29.9 Å². The maximum absolute atomic E-state index is 4.74. The summed E-state index contributed by atoms with van der Waals surface area (Å²) in [7, 11) is 0. The Morgan fingerprint density at radius 2 is 2.05 bits per heavy atom. The van der Waals surface area contributed by atoms with Gasteiger partial charge in [-0.3, -0.25) is 0 Å². The molecule has 0 bridgehead atoms. The highest BCUT2D eigenvalue weighted by molar-refractivity contribution is 7.18. The molecule has 1 saturated heterocycles. The summed E-state index contributed by atoms with van der Waals surface area (Å²) in [5, 5.41) is 4.46. The zero-order valence-electron chi connectivity index (χ0n) is 11.6. The molecule has 1 aliphatic heterocycles. The Bertz CT molecular complexity index is 572. The van der Waals surface area contributed by atoms with Crippen LogP contribution in [0, 0.1) is 6.92 Å². The van der Waals surface area contributed by atoms with Crippen molar-refractivity contribution in [3.8, 4) is 0 Å². The van der Waals surface area contributed by atoms with Crippen molar-refractivity contribution in [2.24, 2.45) is 0 Å². The van der Waals surface area contributed by atoms with Gasteiger partial charge in [0, 0.05) is 24.5 Å². The second-order valence-electron chi connectivity index (χ2n) is 5.02. The summed E-state index contributed by atoms with van der Waals surface area (Å²) >= 11 is 1.75. The van der Waals surface area contributed by atoms with Gasteiger partial charge in [0.05, 0.1) is 5.39 Å². The fraction of sp³-hybridized carbons (Fsp3) is 0.571. The smallest absolute Gasteiger partial charge is 0.226 e. The molecular formula is C14H20N4S. The molecule has 3 rings (SSSR count). The third-order valence-corrected chi connectivity index (χ3v) is 4.43. The van der Waals surface area contributed by atoms with Gasteiger partial charge in [0.15, 0.2) is 0 Å². The van der Waals surface area contributed by atoms with Gasteiger partial charge < -0.3 is 10.2 Å². The molecule has 0 unspecified atom stereocenters. The molecule has 2 aromatic rings. The number of piperidine rings is 1. The number of fused-ring (bicyclic) bond motifs is 1. The van der Waals surface area contributed by atoms with Crippen molar-refractivity contribution in [1.29, 1.82) is 0 Å². The summed E-state index contributed by atoms with van der Waals surface area (Å²) in [5.74, 6) is 1.88. The largest absolute Gasteiger partial charge is 0.356 e. The van der Waals surface area contributed by atoms with Gasteiger partial charge in [-0.2, -0.15) is 4.98 Å². The van der Waals surface area contributed by atoms with E-state index in [1.807, 2.05) is 0 Å². The molecule has 0 saturated carbocycles. The van der Waals surface area contributed by atoms with Gasteiger partial charge in [-0.1, -0.05) is 0 Å². The molecule has 3 heterocycles. The molecule has 1 fully saturated rings. The SMILES string of the molecule is CCNc1nc(N2CCCCC2)c2cc(C)sc2n1. The average molecular weight is 276 g/mol. The van der Waals surface area contributed by atoms with E-state index in [1.54, 1.807) is 11.3 Å². The number of aromatic nitrogens is 2. The standard InChI is InChI=1S/C14H20N4S/c1-3-15-14-16-12(18-7-5-4-6-8-18)11-9-10(2)19-13(11)17-14/h9H,3-8H2,1-2H3,(H,15,16,17). The van der Waals surface area contributed by atoms with Crippen LogP contribution >= 0.6 is 11.3 Å². The first-order valence-corrected chi connectivity index (χ1v) is 7.86. The summed E-state index contributed by atoms with van der Waals surface area (Å²) in [4.78, 5) is 14.2. The third kappa shape index (κ3) is 2.52. The minimum absolute atomic E-state index is 0.762. The molecule has 1 aliphatic rings. The Hall–Kier alpha value is -1.36. The highest BCUT2D eigenvalue weighted by Gasteiger charge is 2.18. The summed E-state index contributed by atoms with van der Waals surface area (Å²) < 4.78 is 0. The summed E-state index contributed by atoms with van der Waals surface area (Å²) in [6, 6.07) is 2.22. The number of hydrogen-bond donors (Lipinski definition) is 1. The Labute approximate surface area is 117 Å². The predicted octanol–water partition coefficient (Wildman–Crippen LogP) is 3.42. The van der Waals surface area contributed by atoms with Gasteiger partial charge in [0.2, 0.25) is 5.95 Å². The quantitative estimate of drug-likeness (QED) is 0.932. The van der Waals surface area contributed by atoms with Crippen LogP contribution in [0.4, 0.5) is 11.8 Å². The van der Waals surface area contributed by atoms with Crippen LogP contribution in [0.15, 0.2) is 6.07 Å². The average Bonchev–Trinajstić information content (AvgIpc) is 2.79. The van der Waals surface area contributed by atoms with Crippen LogP contribution in [-0.4, -0.2) is 29.6 Å². The van der Waals surface area contributed by atoms with Gasteiger partial charge in [0.25, 0.3) is 0 Å². The lowest BCUT2D eigenvalue weighted by molar-refractivity contribution is 0.575. The first-order chi connectivity index (χ1) is 9.28. The zero-order valence-corrected chi connectivity index (χ0v) is 12.4. The highest BCUT2D eigenvalue weighted by Crippen LogP contribution is 2.32. The van der Waals surface area contributed by atoms with Gasteiger partial charge in [-0.15, -0.1) is 11.3 Å². The lowest BCUT2D eigenvalue weighted by Gasteiger charge is -2.28. The molecular weight excluding hydrogens is 256 g/mol. The summed E-state index contributed by atoms with van der Waals surface area (Å²) in [6.07, 6.45) is 3.88. The number of nitrogens with zero attached hydrogens (tertiary/aromatic N) is 3. The number of hydrogen-bond acceptors (Lipinski definition) is 5. The zero-order chi connectivity index (χ0) is 13.2. The third-order valence-electron chi connectivity index (χ3n) is 3.49. The van der Waals surface area contributed by atoms with Crippen molar-refractivity contribution in [3.63, 3.8) is 0 Å². The molecule has 19 heavy (non-hydrogen) atoms. The second kappa shape index (κ2) is 5.33. The van der Waals surface area contributed by atoms with E-state index in [2.05, 4.69) is 35.1 Å². The Balaban J connectivity index is 2.08. The maximum Gasteiger partial charge on any atom is 0.226 e. The molecule has 102 valence electrons. The van der Waals surface area contributed by atoms with E-state index in [9.17, 15) is 0 Å². The van der Waals surface area contributed by atoms with E-state index in [0.29, 0.717) is 0 Å². The highest BCUT2D eigenvalue weighted by atomic mass is 32.1. The summed E-state index contributed by atoms with van der Waals surface area (Å²) in [6.45, 7) is 7.31. The van der Waals surface area contributed by atoms with E-state index < -0.39 is 0 Å². The van der Waals surface area contributed by atoms with Crippen LogP contribution < -0.4 is 10.2 Å². The predicted molar refractivity (Wildman–Crippen MR) is 82.4 cm³/mol. The van der Waals surface area contributed by atoms with E-state index in [4.69, 9.17) is 4.98 Å². The Morgan fingerprint density at radius 3 is 2.79 bits per heavy atom. The molecule has 4 nitrogen and oxygen atoms in total. The van der Waals surface area contributed by atoms with E-state index in [1.165, 1.54) is 29.5 Å². The van der Waals surface area contributed by atoms with Crippen LogP contribution in [-0.2, 0) is 0 Å². The molecule has 0 aromatic carbocycles. The number of rotatable bonds is 3. The lowest BCUT2D eigenvalue weighted by atomic mass is 10.1. The number of aryl methyl sites for hydroxylation is 1. The molecule has 0 atom stereocenters. The molecule has 0 radical (unpaired) electrons. The lowest BCUT2D eigenvalue weighted by Crippen LogP contribution is -2.30. The van der Waals surface area contributed by atoms with Crippen molar-refractivity contribution >= 4 is 33.3 Å². The van der Waals surface area contributed by atoms with Crippen LogP contribution in [0.25, 0.3) is 10.2 Å². The second-order valence-corrected chi connectivity index (χ2v) is 6.26. The molecule has 5 heteroatoms. The van der Waals surface area contributed by atoms with Gasteiger partial charge in [0.1, 0.15) is 10.6 Å². The van der Waals surface area contributed by atoms with E-state index in [-0.39, 0.29) is 0 Å². The van der Waals surface area contributed by atoms with Crippen LogP contribution in [0.3, 0.4) is 0 Å². The Morgan fingerprint density at radius 1 is 1.26 bits per heavy atom. The fourth-order valence-electron chi connectivity index (χ4n) is 2.61. The van der Waals surface area contributed by atoms with Gasteiger partial charge >= 0.3 is 0 Å². The number of nitrogens with one attached hydrogen (secondary N) is 1. The molecule has 0 amide bonds. The first kappa shape index (κ1) is 12.7. The van der Waals surface area contributed by atoms with Crippen molar-refractivity contribution in [2.45, 2.75) is 33.1 Å². The first-order valence-electron chi connectivity index (χ1n) is 7.05. The van der Waals surface area contributed by atoms with Crippen LogP contribution in [0.1, 0.15) is 31.1 Å². The monoisotopic (exact) mass is 276 g/mol. The van der Waals surface area contributed by atoms with Crippen molar-refractivity contribution < 1.29 is 0 Å². The van der Waals surface area contributed by atoms with Gasteiger partial charge in [-0.25, -0.2) is 4.98 Å². The number of anilines is 2. The Kier molecular flexibility index (Phi) is 3.55. The van der Waals surface area contributed by atoms with Crippen molar-refractivity contribution in [1.82, 2.24) is 9.97 Å². The van der Waals surface area contributed by atoms with Crippen molar-refractivity contribution in [3.05, 3.63) is 10.9 Å². The topological polar surface area (TPSA) is 41.1 Å². The van der Waals surface area contributed by atoms with E-state index in [0.717, 1.165) is 36.2 Å². The molecule has 2 aromatic heterocycles. The van der Waals surface area contributed by atoms with Crippen LogP contribution in [0.5, 0.6) is 0 Å². The minimum Gasteiger partial charge on any atom is -0.356 e. The molecule has 0 spiro atoms. The van der Waals surface area contributed by atoms with Gasteiger partial charge in [-0.05, 0) is 39.2 Å². The van der Waals surface area contributed by atoms with E-state index >= 15 is 0 Å². The number of thiophene rings is 1. The normalized spacial score (nSPS) is 16.0. The fourth-order valence-corrected chi connectivity index (χ4v) is 3.48. The minimum atomic E-state index is 0.762.